The highest BCUT2D eigenvalue weighted by Gasteiger charge is 2.27. The molecule has 2 rings (SSSR count). The van der Waals surface area contributed by atoms with Crippen LogP contribution in [0.4, 0.5) is 0 Å². The largest absolute Gasteiger partial charge is 0.341 e. The molecule has 1 amide bonds. The van der Waals surface area contributed by atoms with Crippen molar-refractivity contribution in [2.24, 2.45) is 0 Å². The fourth-order valence-electron chi connectivity index (χ4n) is 2.81. The molecule has 1 fully saturated rings. The second kappa shape index (κ2) is 5.74. The Morgan fingerprint density at radius 3 is 2.63 bits per heavy atom. The normalized spacial score (nSPS) is 18.3. The highest BCUT2D eigenvalue weighted by molar-refractivity contribution is 5.80. The van der Waals surface area contributed by atoms with Crippen LogP contribution in [0.2, 0.25) is 0 Å². The number of nitrogens with one attached hydrogen (secondary N) is 1. The van der Waals surface area contributed by atoms with Crippen LogP contribution < -0.4 is 5.32 Å². The Kier molecular flexibility index (Phi) is 4.24. The van der Waals surface area contributed by atoms with Gasteiger partial charge in [-0.3, -0.25) is 9.48 Å². The van der Waals surface area contributed by atoms with Crippen LogP contribution in [0.3, 0.4) is 0 Å². The molecule has 0 bridgehead atoms. The Morgan fingerprint density at radius 2 is 2.11 bits per heavy atom. The van der Waals surface area contributed by atoms with Gasteiger partial charge in [0.05, 0.1) is 5.69 Å². The molecule has 5 heteroatoms. The van der Waals surface area contributed by atoms with Gasteiger partial charge in [-0.1, -0.05) is 0 Å². The average Bonchev–Trinajstić information content (AvgIpc) is 2.76. The van der Waals surface area contributed by atoms with Gasteiger partial charge in [-0.15, -0.1) is 0 Å². The minimum Gasteiger partial charge on any atom is -0.341 e. The molecule has 0 spiro atoms. The van der Waals surface area contributed by atoms with Gasteiger partial charge in [-0.2, -0.15) is 5.10 Å². The molecule has 0 unspecified atom stereocenters. The summed E-state index contributed by atoms with van der Waals surface area (Å²) in [6.07, 6.45) is 2.07. The first-order valence-corrected chi connectivity index (χ1v) is 7.01. The number of rotatable bonds is 3. The number of piperidine rings is 1. The van der Waals surface area contributed by atoms with Crippen LogP contribution in [0.25, 0.3) is 0 Å². The number of amides is 1. The lowest BCUT2D eigenvalue weighted by molar-refractivity contribution is -0.135. The van der Waals surface area contributed by atoms with Crippen molar-refractivity contribution >= 4 is 5.91 Å². The first kappa shape index (κ1) is 14.1. The van der Waals surface area contributed by atoms with Gasteiger partial charge in [0, 0.05) is 18.8 Å². The van der Waals surface area contributed by atoms with Crippen molar-refractivity contribution in [2.75, 3.05) is 20.1 Å². The summed E-state index contributed by atoms with van der Waals surface area (Å²) in [7, 11) is 1.92. The van der Waals surface area contributed by atoms with Gasteiger partial charge in [-0.25, -0.2) is 0 Å². The van der Waals surface area contributed by atoms with Gasteiger partial charge < -0.3 is 10.2 Å². The summed E-state index contributed by atoms with van der Waals surface area (Å²) in [4.78, 5) is 14.5. The number of hydrogen-bond acceptors (Lipinski definition) is 3. The molecule has 0 aliphatic carbocycles. The first-order chi connectivity index (χ1) is 9.00. The molecule has 1 saturated heterocycles. The summed E-state index contributed by atoms with van der Waals surface area (Å²) >= 11 is 0. The monoisotopic (exact) mass is 264 g/mol. The molecule has 1 aliphatic rings. The average molecular weight is 264 g/mol. The first-order valence-electron chi connectivity index (χ1n) is 7.01. The minimum atomic E-state index is -0.228. The smallest absolute Gasteiger partial charge is 0.247 e. The van der Waals surface area contributed by atoms with E-state index in [0.717, 1.165) is 37.3 Å². The number of aryl methyl sites for hydroxylation is 2. The lowest BCUT2D eigenvalue weighted by atomic mass is 10.0. The molecule has 1 aromatic heterocycles. The standard InChI is InChI=1S/C14H24N4O/c1-10-9-11(2)18(16-10)12(3)14(19)17(4)13-5-7-15-8-6-13/h9,12-13,15H,5-8H2,1-4H3/t12-/m0/s1. The van der Waals surface area contributed by atoms with E-state index in [1.165, 1.54) is 0 Å². The van der Waals surface area contributed by atoms with Gasteiger partial charge in [-0.05, 0) is 52.8 Å². The van der Waals surface area contributed by atoms with Crippen molar-refractivity contribution < 1.29 is 4.79 Å². The number of aromatic nitrogens is 2. The zero-order chi connectivity index (χ0) is 14.0. The Hall–Kier alpha value is -1.36. The minimum absolute atomic E-state index is 0.151. The fraction of sp³-hybridized carbons (Fsp3) is 0.714. The van der Waals surface area contributed by atoms with Gasteiger partial charge in [0.15, 0.2) is 0 Å². The molecular formula is C14H24N4O. The van der Waals surface area contributed by atoms with E-state index in [4.69, 9.17) is 0 Å². The van der Waals surface area contributed by atoms with Crippen LogP contribution in [-0.2, 0) is 4.79 Å². The maximum absolute atomic E-state index is 12.5. The molecule has 19 heavy (non-hydrogen) atoms. The topological polar surface area (TPSA) is 50.2 Å². The van der Waals surface area contributed by atoms with Gasteiger partial charge in [0.1, 0.15) is 6.04 Å². The van der Waals surface area contributed by atoms with Gasteiger partial charge in [0.25, 0.3) is 0 Å². The van der Waals surface area contributed by atoms with Crippen molar-refractivity contribution in [3.63, 3.8) is 0 Å². The van der Waals surface area contributed by atoms with Gasteiger partial charge >= 0.3 is 0 Å². The van der Waals surface area contributed by atoms with Crippen LogP contribution in [0, 0.1) is 13.8 Å². The van der Waals surface area contributed by atoms with E-state index in [0.29, 0.717) is 6.04 Å². The predicted octanol–water partition coefficient (Wildman–Crippen LogP) is 1.27. The Morgan fingerprint density at radius 1 is 1.47 bits per heavy atom. The maximum Gasteiger partial charge on any atom is 0.247 e. The van der Waals surface area contributed by atoms with Crippen molar-refractivity contribution in [1.82, 2.24) is 20.0 Å². The highest BCUT2D eigenvalue weighted by Crippen LogP contribution is 2.17. The number of carbonyl (C=O) groups excluding carboxylic acids is 1. The molecular weight excluding hydrogens is 240 g/mol. The van der Waals surface area contributed by atoms with E-state index >= 15 is 0 Å². The lowest BCUT2D eigenvalue weighted by Gasteiger charge is -2.33. The van der Waals surface area contributed by atoms with E-state index in [-0.39, 0.29) is 11.9 Å². The molecule has 0 saturated carbocycles. The Bertz CT molecular complexity index is 448. The third kappa shape index (κ3) is 2.97. The number of nitrogens with zero attached hydrogens (tertiary/aromatic N) is 3. The third-order valence-corrected chi connectivity index (χ3v) is 3.97. The molecule has 1 aliphatic heterocycles. The van der Waals surface area contributed by atoms with E-state index in [1.54, 1.807) is 0 Å². The Labute approximate surface area is 115 Å². The van der Waals surface area contributed by atoms with Crippen LogP contribution >= 0.6 is 0 Å². The molecule has 1 atom stereocenters. The zero-order valence-electron chi connectivity index (χ0n) is 12.3. The summed E-state index contributed by atoms with van der Waals surface area (Å²) in [6, 6.07) is 2.13. The van der Waals surface area contributed by atoms with Crippen molar-refractivity contribution in [3.8, 4) is 0 Å². The van der Waals surface area contributed by atoms with Crippen molar-refractivity contribution in [1.29, 1.82) is 0 Å². The summed E-state index contributed by atoms with van der Waals surface area (Å²) in [5.41, 5.74) is 2.00. The van der Waals surface area contributed by atoms with Crippen molar-refractivity contribution in [2.45, 2.75) is 45.7 Å². The number of likely N-dealkylation sites (N-methyl/N-ethyl adjacent to an activating group) is 1. The molecule has 2 heterocycles. The number of hydrogen-bond donors (Lipinski definition) is 1. The summed E-state index contributed by atoms with van der Waals surface area (Å²) in [6.45, 7) is 7.87. The van der Waals surface area contributed by atoms with Crippen LogP contribution in [0.1, 0.15) is 37.2 Å². The molecule has 5 nitrogen and oxygen atoms in total. The van der Waals surface area contributed by atoms with Gasteiger partial charge in [0.2, 0.25) is 5.91 Å². The highest BCUT2D eigenvalue weighted by atomic mass is 16.2. The quantitative estimate of drug-likeness (QED) is 0.894. The SMILES string of the molecule is Cc1cc(C)n([C@@H](C)C(=O)N(C)C2CCNCC2)n1. The van der Waals surface area contributed by atoms with E-state index in [2.05, 4.69) is 10.4 Å². The molecule has 0 radical (unpaired) electrons. The second-order valence-corrected chi connectivity index (χ2v) is 5.48. The summed E-state index contributed by atoms with van der Waals surface area (Å²) < 4.78 is 1.83. The lowest BCUT2D eigenvalue weighted by Crippen LogP contribution is -2.46. The van der Waals surface area contributed by atoms with Crippen LogP contribution in [0.15, 0.2) is 6.07 Å². The van der Waals surface area contributed by atoms with E-state index in [1.807, 2.05) is 43.5 Å². The predicted molar refractivity (Wildman–Crippen MR) is 75.1 cm³/mol. The Balaban J connectivity index is 2.07. The third-order valence-electron chi connectivity index (χ3n) is 3.97. The molecule has 1 aromatic rings. The van der Waals surface area contributed by atoms with Crippen molar-refractivity contribution in [3.05, 3.63) is 17.5 Å². The zero-order valence-corrected chi connectivity index (χ0v) is 12.3. The second-order valence-electron chi connectivity index (χ2n) is 5.48. The number of carbonyl (C=O) groups is 1. The van der Waals surface area contributed by atoms with Crippen LogP contribution in [0.5, 0.6) is 0 Å². The van der Waals surface area contributed by atoms with E-state index in [9.17, 15) is 4.79 Å². The fourth-order valence-corrected chi connectivity index (χ4v) is 2.81. The summed E-state index contributed by atoms with van der Waals surface area (Å²) in [5, 5.41) is 7.74. The maximum atomic E-state index is 12.5. The molecule has 1 N–H and O–H groups in total. The molecule has 0 aromatic carbocycles. The summed E-state index contributed by atoms with van der Waals surface area (Å²) in [5.74, 6) is 0.151. The molecule has 106 valence electrons. The van der Waals surface area contributed by atoms with E-state index < -0.39 is 0 Å². The van der Waals surface area contributed by atoms with Crippen LogP contribution in [-0.4, -0.2) is 46.8 Å².